The molecule has 1 heterocycles. The highest BCUT2D eigenvalue weighted by molar-refractivity contribution is 7.14. The van der Waals surface area contributed by atoms with Gasteiger partial charge >= 0.3 is 0 Å². The van der Waals surface area contributed by atoms with Crippen molar-refractivity contribution >= 4 is 28.2 Å². The minimum absolute atomic E-state index is 0.0141. The van der Waals surface area contributed by atoms with Crippen LogP contribution in [0.5, 0.6) is 0 Å². The van der Waals surface area contributed by atoms with Gasteiger partial charge in [0.1, 0.15) is 5.00 Å². The van der Waals surface area contributed by atoms with Crippen molar-refractivity contribution in [1.82, 2.24) is 5.32 Å². The summed E-state index contributed by atoms with van der Waals surface area (Å²) in [6.45, 7) is 2.05. The van der Waals surface area contributed by atoms with Crippen molar-refractivity contribution in [3.63, 3.8) is 0 Å². The fraction of sp³-hybridized carbons (Fsp3) is 0.538. The number of rotatable bonds is 6. The number of thiophene rings is 1. The molecule has 1 fully saturated rings. The highest BCUT2D eigenvalue weighted by atomic mass is 32.1. The summed E-state index contributed by atoms with van der Waals surface area (Å²) >= 11 is 1.39. The fourth-order valence-electron chi connectivity index (χ4n) is 1.60. The summed E-state index contributed by atoms with van der Waals surface area (Å²) in [6.07, 6.45) is 4.51. The number of hydrogen-bond donors (Lipinski definition) is 2. The van der Waals surface area contributed by atoms with Crippen molar-refractivity contribution in [2.45, 2.75) is 45.1 Å². The van der Waals surface area contributed by atoms with Crippen LogP contribution < -0.4 is 10.6 Å². The van der Waals surface area contributed by atoms with Crippen LogP contribution in [0.15, 0.2) is 11.4 Å². The van der Waals surface area contributed by atoms with Gasteiger partial charge in [-0.15, -0.1) is 11.3 Å². The molecule has 1 aromatic rings. The number of nitrogens with one attached hydrogen (secondary N) is 2. The maximum Gasteiger partial charge on any atom is 0.254 e. The molecule has 0 saturated heterocycles. The van der Waals surface area contributed by atoms with Gasteiger partial charge in [0.15, 0.2) is 0 Å². The average Bonchev–Trinajstić information content (AvgIpc) is 3.03. The highest BCUT2D eigenvalue weighted by Gasteiger charge is 2.25. The molecule has 5 heteroatoms. The molecule has 2 rings (SSSR count). The molecule has 0 unspecified atom stereocenters. The van der Waals surface area contributed by atoms with Crippen LogP contribution in [0.25, 0.3) is 0 Å². The molecule has 1 aromatic heterocycles. The lowest BCUT2D eigenvalue weighted by Gasteiger charge is -2.06. The third-order valence-electron chi connectivity index (χ3n) is 2.83. The Morgan fingerprint density at radius 3 is 2.89 bits per heavy atom. The Labute approximate surface area is 111 Å². The monoisotopic (exact) mass is 266 g/mol. The van der Waals surface area contributed by atoms with E-state index in [0.29, 0.717) is 23.0 Å². The molecule has 0 aliphatic heterocycles. The standard InChI is InChI=1S/C13H18N2O2S/c1-2-3-4-11(16)15-13-10(7-8-18-13)12(17)14-9-5-6-9/h7-9H,2-6H2,1H3,(H,14,17)(H,15,16). The Morgan fingerprint density at radius 2 is 2.22 bits per heavy atom. The zero-order valence-corrected chi connectivity index (χ0v) is 11.3. The Hall–Kier alpha value is -1.36. The van der Waals surface area contributed by atoms with E-state index in [0.717, 1.165) is 25.7 Å². The van der Waals surface area contributed by atoms with Crippen molar-refractivity contribution < 1.29 is 9.59 Å². The van der Waals surface area contributed by atoms with E-state index in [9.17, 15) is 9.59 Å². The van der Waals surface area contributed by atoms with Crippen molar-refractivity contribution in [2.75, 3.05) is 5.32 Å². The fourth-order valence-corrected chi connectivity index (χ4v) is 2.40. The predicted octanol–water partition coefficient (Wildman–Crippen LogP) is 2.77. The third kappa shape index (κ3) is 3.57. The van der Waals surface area contributed by atoms with Crippen molar-refractivity contribution in [2.24, 2.45) is 0 Å². The molecule has 0 radical (unpaired) electrons. The van der Waals surface area contributed by atoms with Crippen molar-refractivity contribution in [3.05, 3.63) is 17.0 Å². The van der Waals surface area contributed by atoms with Gasteiger partial charge in [-0.2, -0.15) is 0 Å². The lowest BCUT2D eigenvalue weighted by Crippen LogP contribution is -2.26. The van der Waals surface area contributed by atoms with Crippen LogP contribution in [0.4, 0.5) is 5.00 Å². The normalized spacial score (nSPS) is 14.3. The van der Waals surface area contributed by atoms with Gasteiger partial charge in [-0.3, -0.25) is 9.59 Å². The zero-order valence-electron chi connectivity index (χ0n) is 10.5. The van der Waals surface area contributed by atoms with E-state index >= 15 is 0 Å². The summed E-state index contributed by atoms with van der Waals surface area (Å²) < 4.78 is 0. The molecule has 1 aliphatic carbocycles. The van der Waals surface area contributed by atoms with E-state index in [4.69, 9.17) is 0 Å². The smallest absolute Gasteiger partial charge is 0.254 e. The van der Waals surface area contributed by atoms with Crippen LogP contribution in [0.1, 0.15) is 49.4 Å². The summed E-state index contributed by atoms with van der Waals surface area (Å²) in [6, 6.07) is 2.10. The van der Waals surface area contributed by atoms with Crippen molar-refractivity contribution in [3.8, 4) is 0 Å². The van der Waals surface area contributed by atoms with Gasteiger partial charge in [0.25, 0.3) is 5.91 Å². The quantitative estimate of drug-likeness (QED) is 0.831. The molecule has 0 aromatic carbocycles. The van der Waals surface area contributed by atoms with Gasteiger partial charge in [0.2, 0.25) is 5.91 Å². The van der Waals surface area contributed by atoms with Gasteiger partial charge in [-0.25, -0.2) is 0 Å². The number of hydrogen-bond acceptors (Lipinski definition) is 3. The summed E-state index contributed by atoms with van der Waals surface area (Å²) in [5.74, 6) is -0.0932. The highest BCUT2D eigenvalue weighted by Crippen LogP contribution is 2.25. The topological polar surface area (TPSA) is 58.2 Å². The molecule has 0 spiro atoms. The lowest BCUT2D eigenvalue weighted by molar-refractivity contribution is -0.116. The molecule has 4 nitrogen and oxygen atoms in total. The van der Waals surface area contributed by atoms with Crippen LogP contribution in [0.3, 0.4) is 0 Å². The summed E-state index contributed by atoms with van der Waals surface area (Å²) in [4.78, 5) is 23.6. The number of anilines is 1. The lowest BCUT2D eigenvalue weighted by atomic mass is 10.2. The van der Waals surface area contributed by atoms with Crippen LogP contribution in [0, 0.1) is 0 Å². The number of carbonyl (C=O) groups excluding carboxylic acids is 2. The maximum atomic E-state index is 11.9. The minimum Gasteiger partial charge on any atom is -0.349 e. The Bertz CT molecular complexity index is 438. The second kappa shape index (κ2) is 6.00. The molecule has 2 N–H and O–H groups in total. The maximum absolute atomic E-state index is 11.9. The molecule has 98 valence electrons. The summed E-state index contributed by atoms with van der Waals surface area (Å²) in [5, 5.41) is 8.24. The molecule has 1 saturated carbocycles. The van der Waals surface area contributed by atoms with E-state index < -0.39 is 0 Å². The SMILES string of the molecule is CCCCC(=O)Nc1sccc1C(=O)NC1CC1. The second-order valence-corrected chi connectivity index (χ2v) is 5.48. The van der Waals surface area contributed by atoms with Gasteiger partial charge < -0.3 is 10.6 Å². The van der Waals surface area contributed by atoms with E-state index in [-0.39, 0.29) is 11.8 Å². The Morgan fingerprint density at radius 1 is 1.44 bits per heavy atom. The van der Waals surface area contributed by atoms with Crippen molar-refractivity contribution in [1.29, 1.82) is 0 Å². The Kier molecular flexibility index (Phi) is 4.36. The molecular formula is C13H18N2O2S. The second-order valence-electron chi connectivity index (χ2n) is 4.56. The van der Waals surface area contributed by atoms with E-state index in [1.165, 1.54) is 11.3 Å². The predicted molar refractivity (Wildman–Crippen MR) is 73.0 cm³/mol. The van der Waals surface area contributed by atoms with Gasteiger partial charge in [-0.1, -0.05) is 13.3 Å². The molecule has 0 bridgehead atoms. The third-order valence-corrected chi connectivity index (χ3v) is 3.66. The summed E-state index contributed by atoms with van der Waals surface area (Å²) in [5.41, 5.74) is 0.580. The molecule has 0 atom stereocenters. The zero-order chi connectivity index (χ0) is 13.0. The number of amides is 2. The van der Waals surface area contributed by atoms with Gasteiger partial charge in [-0.05, 0) is 30.7 Å². The van der Waals surface area contributed by atoms with Gasteiger partial charge in [0, 0.05) is 12.5 Å². The Balaban J connectivity index is 1.93. The minimum atomic E-state index is -0.0791. The first-order valence-electron chi connectivity index (χ1n) is 6.39. The van der Waals surface area contributed by atoms with E-state index in [1.54, 1.807) is 6.07 Å². The van der Waals surface area contributed by atoms with Crippen LogP contribution in [0.2, 0.25) is 0 Å². The molecule has 18 heavy (non-hydrogen) atoms. The van der Waals surface area contributed by atoms with Gasteiger partial charge in [0.05, 0.1) is 5.56 Å². The molecular weight excluding hydrogens is 248 g/mol. The first-order chi connectivity index (χ1) is 8.70. The van der Waals surface area contributed by atoms with Crippen LogP contribution >= 0.6 is 11.3 Å². The van der Waals surface area contributed by atoms with E-state index in [2.05, 4.69) is 10.6 Å². The van der Waals surface area contributed by atoms with Crippen LogP contribution in [-0.2, 0) is 4.79 Å². The first-order valence-corrected chi connectivity index (χ1v) is 7.27. The number of unbranched alkanes of at least 4 members (excludes halogenated alkanes) is 1. The largest absolute Gasteiger partial charge is 0.349 e. The first kappa shape index (κ1) is 13.1. The van der Waals surface area contributed by atoms with Crippen LogP contribution in [-0.4, -0.2) is 17.9 Å². The summed E-state index contributed by atoms with van der Waals surface area (Å²) in [7, 11) is 0. The molecule has 1 aliphatic rings. The molecule has 2 amide bonds. The number of carbonyl (C=O) groups is 2. The average molecular weight is 266 g/mol. The van der Waals surface area contributed by atoms with E-state index in [1.807, 2.05) is 12.3 Å².